The van der Waals surface area contributed by atoms with E-state index >= 15 is 0 Å². The molecule has 1 fully saturated rings. The predicted molar refractivity (Wildman–Crippen MR) is 140 cm³/mol. The number of halogens is 1. The molecule has 1 aromatic carbocycles. The van der Waals surface area contributed by atoms with E-state index in [2.05, 4.69) is 42.2 Å². The largest absolute Gasteiger partial charge is 0.337 e. The van der Waals surface area contributed by atoms with E-state index in [1.807, 2.05) is 36.8 Å². The number of nitrogens with one attached hydrogen (secondary N) is 2. The Morgan fingerprint density at radius 2 is 1.89 bits per heavy atom. The summed E-state index contributed by atoms with van der Waals surface area (Å²) in [5.74, 6) is 0.639. The summed E-state index contributed by atoms with van der Waals surface area (Å²) in [4.78, 5) is 20.7. The maximum absolute atomic E-state index is 13.7. The number of H-pyrrole nitrogens is 2. The molecule has 0 aliphatic carbocycles. The summed E-state index contributed by atoms with van der Waals surface area (Å²) in [6.45, 7) is 3.22. The molecule has 0 bridgehead atoms. The molecule has 0 atom stereocenters. The number of nitrogens with zero attached hydrogens (tertiary/aromatic N) is 5. The fourth-order valence-corrected chi connectivity index (χ4v) is 5.73. The number of fused-ring (bicyclic) bond motifs is 2. The number of thiophene rings is 1. The summed E-state index contributed by atoms with van der Waals surface area (Å²) in [6, 6.07) is 13.4. The summed E-state index contributed by atoms with van der Waals surface area (Å²) in [6.07, 6.45) is 8.21. The fraction of sp³-hybridized carbons (Fsp3) is 0.185. The molecule has 5 aromatic heterocycles. The number of rotatable bonds is 5. The first kappa shape index (κ1) is 21.3. The third kappa shape index (κ3) is 3.77. The second kappa shape index (κ2) is 8.61. The molecule has 0 radical (unpaired) electrons. The Bertz CT molecular complexity index is 1710. The Kier molecular flexibility index (Phi) is 5.11. The molecule has 7 nitrogen and oxygen atoms in total. The standard InChI is InChI=1S/C27H22FN7S/c28-23-7-6-22(36-23)19-4-3-5-21-24(19)32-27(31-21)25-20-11-18(14-30-26(20)34-33-25)17-10-16(12-29-13-17)15-35-8-1-2-9-35/h3-7,10-14H,1-2,8-9,15H2,(H,31,32)(H,30,33,34). The number of para-hydroxylation sites is 1. The van der Waals surface area contributed by atoms with Gasteiger partial charge in [0.1, 0.15) is 5.69 Å². The number of hydrogen-bond acceptors (Lipinski definition) is 6. The van der Waals surface area contributed by atoms with Crippen molar-refractivity contribution in [2.45, 2.75) is 19.4 Å². The third-order valence-electron chi connectivity index (χ3n) is 6.73. The Morgan fingerprint density at radius 1 is 1.00 bits per heavy atom. The van der Waals surface area contributed by atoms with Crippen LogP contribution in [0.3, 0.4) is 0 Å². The van der Waals surface area contributed by atoms with Gasteiger partial charge in [0.05, 0.1) is 16.4 Å². The molecule has 9 heteroatoms. The number of imidazole rings is 1. The van der Waals surface area contributed by atoms with Gasteiger partial charge in [-0.3, -0.25) is 15.0 Å². The highest BCUT2D eigenvalue weighted by Crippen LogP contribution is 2.35. The van der Waals surface area contributed by atoms with Gasteiger partial charge in [0, 0.05) is 46.7 Å². The van der Waals surface area contributed by atoms with Crippen LogP contribution in [0, 0.1) is 5.13 Å². The second-order valence-corrected chi connectivity index (χ2v) is 10.2. The van der Waals surface area contributed by atoms with Gasteiger partial charge in [0.2, 0.25) is 0 Å². The SMILES string of the molecule is Fc1ccc(-c2cccc3[nH]c(-c4n[nH]c5ncc(-c6cncc(CN7CCCC7)c6)cc45)nc23)s1. The number of benzene rings is 1. The third-order valence-corrected chi connectivity index (χ3v) is 7.63. The highest BCUT2D eigenvalue weighted by molar-refractivity contribution is 7.14. The van der Waals surface area contributed by atoms with E-state index in [0.29, 0.717) is 17.2 Å². The van der Waals surface area contributed by atoms with Crippen LogP contribution in [0.1, 0.15) is 18.4 Å². The molecule has 6 aromatic rings. The zero-order valence-electron chi connectivity index (χ0n) is 19.3. The summed E-state index contributed by atoms with van der Waals surface area (Å²) >= 11 is 1.11. The van der Waals surface area contributed by atoms with Crippen molar-refractivity contribution >= 4 is 33.4 Å². The number of aromatic amines is 2. The van der Waals surface area contributed by atoms with Crippen molar-refractivity contribution in [3.8, 4) is 33.1 Å². The number of aromatic nitrogens is 6. The van der Waals surface area contributed by atoms with E-state index in [1.165, 1.54) is 24.5 Å². The molecule has 0 saturated carbocycles. The van der Waals surface area contributed by atoms with Crippen LogP contribution >= 0.6 is 11.3 Å². The quantitative estimate of drug-likeness (QED) is 0.305. The Hall–Kier alpha value is -3.95. The van der Waals surface area contributed by atoms with Crippen molar-refractivity contribution < 1.29 is 4.39 Å². The highest BCUT2D eigenvalue weighted by atomic mass is 32.1. The number of likely N-dealkylation sites (tertiary alicyclic amines) is 1. The first-order valence-corrected chi connectivity index (χ1v) is 12.8. The van der Waals surface area contributed by atoms with Crippen molar-refractivity contribution in [1.29, 1.82) is 0 Å². The van der Waals surface area contributed by atoms with E-state index in [-0.39, 0.29) is 5.13 Å². The van der Waals surface area contributed by atoms with E-state index < -0.39 is 0 Å². The molecular weight excluding hydrogens is 473 g/mol. The fourth-order valence-electron chi connectivity index (χ4n) is 4.97. The molecule has 1 aliphatic heterocycles. The minimum atomic E-state index is -0.214. The average molecular weight is 496 g/mol. The lowest BCUT2D eigenvalue weighted by Crippen LogP contribution is -2.18. The van der Waals surface area contributed by atoms with Gasteiger partial charge in [-0.25, -0.2) is 9.97 Å². The van der Waals surface area contributed by atoms with Gasteiger partial charge in [-0.1, -0.05) is 12.1 Å². The van der Waals surface area contributed by atoms with Gasteiger partial charge in [0.15, 0.2) is 16.6 Å². The maximum Gasteiger partial charge on any atom is 0.176 e. The zero-order chi connectivity index (χ0) is 24.1. The monoisotopic (exact) mass is 495 g/mol. The molecule has 6 heterocycles. The zero-order valence-corrected chi connectivity index (χ0v) is 20.1. The van der Waals surface area contributed by atoms with Crippen molar-refractivity contribution in [2.24, 2.45) is 0 Å². The number of hydrogen-bond donors (Lipinski definition) is 2. The highest BCUT2D eigenvalue weighted by Gasteiger charge is 2.18. The van der Waals surface area contributed by atoms with Gasteiger partial charge in [-0.15, -0.1) is 11.3 Å². The summed E-state index contributed by atoms with van der Waals surface area (Å²) in [5.41, 5.74) is 7.15. The molecule has 0 unspecified atom stereocenters. The Balaban J connectivity index is 1.28. The van der Waals surface area contributed by atoms with Crippen molar-refractivity contribution in [1.82, 2.24) is 35.0 Å². The summed E-state index contributed by atoms with van der Waals surface area (Å²) < 4.78 is 13.7. The van der Waals surface area contributed by atoms with E-state index in [9.17, 15) is 4.39 Å². The van der Waals surface area contributed by atoms with Gasteiger partial charge in [0.25, 0.3) is 0 Å². The molecule has 0 amide bonds. The smallest absolute Gasteiger partial charge is 0.176 e. The number of pyridine rings is 2. The first-order valence-electron chi connectivity index (χ1n) is 12.0. The topological polar surface area (TPSA) is 86.4 Å². The Labute approximate surface area is 210 Å². The summed E-state index contributed by atoms with van der Waals surface area (Å²) in [5, 5.41) is 8.22. The van der Waals surface area contributed by atoms with Crippen LogP contribution in [0.25, 0.3) is 55.2 Å². The minimum absolute atomic E-state index is 0.214. The average Bonchev–Trinajstić information content (AvgIpc) is 3.70. The lowest BCUT2D eigenvalue weighted by atomic mass is 10.1. The lowest BCUT2D eigenvalue weighted by Gasteiger charge is -2.14. The minimum Gasteiger partial charge on any atom is -0.337 e. The van der Waals surface area contributed by atoms with Crippen molar-refractivity contribution in [3.63, 3.8) is 0 Å². The van der Waals surface area contributed by atoms with Crippen LogP contribution in [0.2, 0.25) is 0 Å². The van der Waals surface area contributed by atoms with Gasteiger partial charge in [-0.2, -0.15) is 9.49 Å². The van der Waals surface area contributed by atoms with Gasteiger partial charge >= 0.3 is 0 Å². The van der Waals surface area contributed by atoms with Crippen LogP contribution in [0.4, 0.5) is 4.39 Å². The Morgan fingerprint density at radius 3 is 2.75 bits per heavy atom. The molecule has 1 aliphatic rings. The molecule has 2 N–H and O–H groups in total. The molecule has 1 saturated heterocycles. The molecule has 7 rings (SSSR count). The molecule has 36 heavy (non-hydrogen) atoms. The van der Waals surface area contributed by atoms with E-state index in [0.717, 1.165) is 69.0 Å². The van der Waals surface area contributed by atoms with Gasteiger partial charge < -0.3 is 4.98 Å². The van der Waals surface area contributed by atoms with Crippen molar-refractivity contribution in [2.75, 3.05) is 13.1 Å². The van der Waals surface area contributed by atoms with Crippen molar-refractivity contribution in [3.05, 3.63) is 71.7 Å². The van der Waals surface area contributed by atoms with Crippen LogP contribution < -0.4 is 0 Å². The first-order chi connectivity index (χ1) is 17.7. The molecule has 0 spiro atoms. The molecular formula is C27H22FN7S. The van der Waals surface area contributed by atoms with Crippen LogP contribution in [-0.4, -0.2) is 48.1 Å². The summed E-state index contributed by atoms with van der Waals surface area (Å²) in [7, 11) is 0. The second-order valence-electron chi connectivity index (χ2n) is 9.15. The maximum atomic E-state index is 13.7. The van der Waals surface area contributed by atoms with E-state index in [4.69, 9.17) is 4.98 Å². The van der Waals surface area contributed by atoms with Gasteiger partial charge in [-0.05, 0) is 61.8 Å². The normalized spacial score (nSPS) is 14.4. The van der Waals surface area contributed by atoms with Crippen LogP contribution in [0.5, 0.6) is 0 Å². The lowest BCUT2D eigenvalue weighted by molar-refractivity contribution is 0.331. The predicted octanol–water partition coefficient (Wildman–Crippen LogP) is 6.03. The van der Waals surface area contributed by atoms with Crippen LogP contribution in [0.15, 0.2) is 61.1 Å². The van der Waals surface area contributed by atoms with E-state index in [1.54, 1.807) is 6.07 Å². The van der Waals surface area contributed by atoms with Crippen LogP contribution in [-0.2, 0) is 6.54 Å². The molecule has 178 valence electrons.